The third-order valence-corrected chi connectivity index (χ3v) is 7.46. The van der Waals surface area contributed by atoms with Crippen molar-refractivity contribution in [2.45, 2.75) is 46.7 Å². The molecule has 0 saturated carbocycles. The SMILES string of the molecule is Cc1cc(C)c(CNC(=O)c2cc(C3=CCN(S(C)(=O)=O)CC3)nc3c2cnn3C(C)C)c(=O)[nH]1. The Morgan fingerprint density at radius 3 is 2.60 bits per heavy atom. The van der Waals surface area contributed by atoms with Gasteiger partial charge in [0.15, 0.2) is 5.65 Å². The van der Waals surface area contributed by atoms with Crippen molar-refractivity contribution < 1.29 is 13.2 Å². The number of aromatic amines is 1. The number of nitrogens with zero attached hydrogens (tertiary/aromatic N) is 4. The first kappa shape index (κ1) is 24.8. The summed E-state index contributed by atoms with van der Waals surface area (Å²) < 4.78 is 26.9. The zero-order valence-corrected chi connectivity index (χ0v) is 21.4. The van der Waals surface area contributed by atoms with E-state index in [-0.39, 0.29) is 30.6 Å². The van der Waals surface area contributed by atoms with Crippen LogP contribution in [0.15, 0.2) is 29.2 Å². The first-order valence-electron chi connectivity index (χ1n) is 11.5. The van der Waals surface area contributed by atoms with Crippen LogP contribution in [0, 0.1) is 13.8 Å². The quantitative estimate of drug-likeness (QED) is 0.536. The number of aromatic nitrogens is 4. The van der Waals surface area contributed by atoms with E-state index in [1.54, 1.807) is 16.9 Å². The minimum absolute atomic E-state index is 0.0287. The van der Waals surface area contributed by atoms with Gasteiger partial charge >= 0.3 is 0 Å². The molecule has 1 amide bonds. The van der Waals surface area contributed by atoms with E-state index in [0.717, 1.165) is 16.8 Å². The van der Waals surface area contributed by atoms with Gasteiger partial charge in [-0.2, -0.15) is 9.40 Å². The lowest BCUT2D eigenvalue weighted by molar-refractivity contribution is 0.0952. The standard InChI is InChI=1S/C24H30N6O4S/c1-14(2)30-22-20(13-26-30)18(23(31)25-12-19-15(3)10-16(4)27-24(19)32)11-21(28-22)17-6-8-29(9-7-17)35(5,33)34/h6,10-11,13-14H,7-9,12H2,1-5H3,(H,25,31)(H,27,32). The largest absolute Gasteiger partial charge is 0.348 e. The molecule has 4 rings (SSSR count). The highest BCUT2D eigenvalue weighted by molar-refractivity contribution is 7.88. The zero-order valence-electron chi connectivity index (χ0n) is 20.5. The zero-order chi connectivity index (χ0) is 25.5. The lowest BCUT2D eigenvalue weighted by atomic mass is 10.0. The number of carbonyl (C=O) groups is 1. The van der Waals surface area contributed by atoms with Crippen molar-refractivity contribution in [3.05, 3.63) is 62.8 Å². The van der Waals surface area contributed by atoms with Crippen LogP contribution in [0.2, 0.25) is 0 Å². The predicted molar refractivity (Wildman–Crippen MR) is 135 cm³/mol. The van der Waals surface area contributed by atoms with Crippen molar-refractivity contribution in [3.63, 3.8) is 0 Å². The van der Waals surface area contributed by atoms with E-state index in [1.807, 2.05) is 39.8 Å². The molecule has 1 aliphatic rings. The fourth-order valence-electron chi connectivity index (χ4n) is 4.30. The Morgan fingerprint density at radius 1 is 1.26 bits per heavy atom. The van der Waals surface area contributed by atoms with Crippen LogP contribution in [0.25, 0.3) is 16.6 Å². The van der Waals surface area contributed by atoms with Crippen LogP contribution in [0.1, 0.15) is 59.2 Å². The molecule has 0 radical (unpaired) electrons. The van der Waals surface area contributed by atoms with Gasteiger partial charge in [0.2, 0.25) is 10.0 Å². The number of fused-ring (bicyclic) bond motifs is 1. The number of nitrogens with one attached hydrogen (secondary N) is 2. The Morgan fingerprint density at radius 2 is 2.00 bits per heavy atom. The molecule has 0 bridgehead atoms. The number of hydrogen-bond donors (Lipinski definition) is 2. The smallest absolute Gasteiger partial charge is 0.253 e. The average molecular weight is 499 g/mol. The number of aryl methyl sites for hydroxylation is 2. The maximum Gasteiger partial charge on any atom is 0.253 e. The molecule has 0 saturated heterocycles. The molecule has 4 heterocycles. The second-order valence-electron chi connectivity index (χ2n) is 9.20. The topological polar surface area (TPSA) is 130 Å². The first-order valence-corrected chi connectivity index (χ1v) is 13.3. The molecule has 0 atom stereocenters. The minimum Gasteiger partial charge on any atom is -0.348 e. The van der Waals surface area contributed by atoms with Crippen molar-refractivity contribution in [2.75, 3.05) is 19.3 Å². The van der Waals surface area contributed by atoms with Crippen LogP contribution in [0.4, 0.5) is 0 Å². The Balaban J connectivity index is 1.71. The second kappa shape index (κ2) is 9.38. The Bertz CT molecular complexity index is 1500. The lowest BCUT2D eigenvalue weighted by Gasteiger charge is -2.24. The van der Waals surface area contributed by atoms with Gasteiger partial charge in [0.25, 0.3) is 11.5 Å². The van der Waals surface area contributed by atoms with E-state index >= 15 is 0 Å². The van der Waals surface area contributed by atoms with Gasteiger partial charge in [-0.1, -0.05) is 6.08 Å². The van der Waals surface area contributed by atoms with Gasteiger partial charge in [0, 0.05) is 36.9 Å². The molecule has 0 unspecified atom stereocenters. The fourth-order valence-corrected chi connectivity index (χ4v) is 5.07. The van der Waals surface area contributed by atoms with E-state index in [0.29, 0.717) is 40.8 Å². The molecule has 10 nitrogen and oxygen atoms in total. The third-order valence-electron chi connectivity index (χ3n) is 6.19. The van der Waals surface area contributed by atoms with Crippen molar-refractivity contribution in [1.29, 1.82) is 0 Å². The molecule has 11 heteroatoms. The van der Waals surface area contributed by atoms with Gasteiger partial charge in [-0.15, -0.1) is 0 Å². The Kier molecular flexibility index (Phi) is 6.65. The van der Waals surface area contributed by atoms with E-state index < -0.39 is 10.0 Å². The van der Waals surface area contributed by atoms with Gasteiger partial charge in [-0.25, -0.2) is 18.1 Å². The summed E-state index contributed by atoms with van der Waals surface area (Å²) in [6, 6.07) is 3.62. The summed E-state index contributed by atoms with van der Waals surface area (Å²) in [5, 5.41) is 7.92. The molecule has 186 valence electrons. The van der Waals surface area contributed by atoms with Crippen molar-refractivity contribution in [2.24, 2.45) is 0 Å². The van der Waals surface area contributed by atoms with Crippen molar-refractivity contribution >= 4 is 32.5 Å². The number of amides is 1. The lowest BCUT2D eigenvalue weighted by Crippen LogP contribution is -2.33. The number of H-pyrrole nitrogens is 1. The molecule has 0 spiro atoms. The summed E-state index contributed by atoms with van der Waals surface area (Å²) in [4.78, 5) is 33.3. The normalized spacial score (nSPS) is 15.0. The van der Waals surface area contributed by atoms with Crippen molar-refractivity contribution in [1.82, 2.24) is 29.4 Å². The number of rotatable bonds is 6. The van der Waals surface area contributed by atoms with E-state index in [9.17, 15) is 18.0 Å². The number of carbonyl (C=O) groups excluding carboxylic acids is 1. The van der Waals surface area contributed by atoms with Crippen LogP contribution in [-0.2, 0) is 16.6 Å². The van der Waals surface area contributed by atoms with Gasteiger partial charge in [-0.3, -0.25) is 9.59 Å². The van der Waals surface area contributed by atoms with Gasteiger partial charge in [0.1, 0.15) is 0 Å². The highest BCUT2D eigenvalue weighted by Crippen LogP contribution is 2.28. The third kappa shape index (κ3) is 5.06. The van der Waals surface area contributed by atoms with Crippen LogP contribution in [0.5, 0.6) is 0 Å². The second-order valence-corrected chi connectivity index (χ2v) is 11.2. The molecular weight excluding hydrogens is 468 g/mol. The fraction of sp³-hybridized carbons (Fsp3) is 0.417. The monoisotopic (exact) mass is 498 g/mol. The summed E-state index contributed by atoms with van der Waals surface area (Å²) in [7, 11) is -3.28. The summed E-state index contributed by atoms with van der Waals surface area (Å²) >= 11 is 0. The molecule has 0 aliphatic carbocycles. The van der Waals surface area contributed by atoms with Gasteiger partial charge in [-0.05, 0) is 57.4 Å². The van der Waals surface area contributed by atoms with Crippen LogP contribution in [-0.4, -0.2) is 57.7 Å². The maximum atomic E-state index is 13.3. The number of pyridine rings is 2. The average Bonchev–Trinajstić information content (AvgIpc) is 3.21. The molecule has 35 heavy (non-hydrogen) atoms. The molecule has 0 aromatic carbocycles. The Labute approximate surface area is 204 Å². The van der Waals surface area contributed by atoms with Gasteiger partial charge in [0.05, 0.1) is 29.1 Å². The van der Waals surface area contributed by atoms with E-state index in [1.165, 1.54) is 10.6 Å². The molecular formula is C24H30N6O4S. The minimum atomic E-state index is -3.28. The highest BCUT2D eigenvalue weighted by Gasteiger charge is 2.24. The molecule has 2 N–H and O–H groups in total. The molecule has 0 fully saturated rings. The highest BCUT2D eigenvalue weighted by atomic mass is 32.2. The van der Waals surface area contributed by atoms with Crippen molar-refractivity contribution in [3.8, 4) is 0 Å². The number of hydrogen-bond acceptors (Lipinski definition) is 6. The van der Waals surface area contributed by atoms with E-state index in [4.69, 9.17) is 4.98 Å². The molecule has 3 aromatic rings. The summed E-state index contributed by atoms with van der Waals surface area (Å²) in [6.07, 6.45) is 5.15. The van der Waals surface area contributed by atoms with Crippen LogP contribution in [0.3, 0.4) is 0 Å². The summed E-state index contributed by atoms with van der Waals surface area (Å²) in [6.45, 7) is 8.32. The Hall–Kier alpha value is -3.31. The van der Waals surface area contributed by atoms with E-state index in [2.05, 4.69) is 15.4 Å². The maximum absolute atomic E-state index is 13.3. The van der Waals surface area contributed by atoms with Crippen LogP contribution < -0.4 is 10.9 Å². The molecule has 3 aromatic heterocycles. The molecule has 1 aliphatic heterocycles. The van der Waals surface area contributed by atoms with Crippen LogP contribution >= 0.6 is 0 Å². The predicted octanol–water partition coefficient (Wildman–Crippen LogP) is 2.30. The first-order chi connectivity index (χ1) is 16.5. The summed E-state index contributed by atoms with van der Waals surface area (Å²) in [5.41, 5.74) is 4.33. The number of sulfonamides is 1. The van der Waals surface area contributed by atoms with Gasteiger partial charge < -0.3 is 10.3 Å². The summed E-state index contributed by atoms with van der Waals surface area (Å²) in [5.74, 6) is -0.337.